The van der Waals surface area contributed by atoms with Gasteiger partial charge < -0.3 is 0 Å². The second-order valence-electron chi connectivity index (χ2n) is 7.79. The molecular formula is C17H29N3. The van der Waals surface area contributed by atoms with Gasteiger partial charge in [-0.2, -0.15) is 0 Å². The average molecular weight is 275 g/mol. The van der Waals surface area contributed by atoms with Crippen molar-refractivity contribution in [3.63, 3.8) is 0 Å². The third kappa shape index (κ3) is 2.19. The lowest BCUT2D eigenvalue weighted by Gasteiger charge is -2.23. The first kappa shape index (κ1) is 14.1. The summed E-state index contributed by atoms with van der Waals surface area (Å²) in [7, 11) is 0. The summed E-state index contributed by atoms with van der Waals surface area (Å²) in [4.78, 5) is 0. The van der Waals surface area contributed by atoms with E-state index in [9.17, 15) is 0 Å². The minimum Gasteiger partial charge on any atom is -0.247 e. The van der Waals surface area contributed by atoms with Crippen molar-refractivity contribution in [2.24, 2.45) is 23.2 Å². The second-order valence-corrected chi connectivity index (χ2v) is 7.79. The fourth-order valence-corrected chi connectivity index (χ4v) is 4.45. The molecule has 112 valence electrons. The zero-order valence-electron chi connectivity index (χ0n) is 13.7. The standard InChI is InChI=1S/C17H29N3/c1-6-17(4,5)16-12-7-9-14-15(10-8-13(12)16)20(11(2)3)19-18-14/h11-13,16H,6-10H2,1-5H3/t12-,13+,16?/m0/s1. The summed E-state index contributed by atoms with van der Waals surface area (Å²) in [5, 5.41) is 8.82. The monoisotopic (exact) mass is 275 g/mol. The number of nitrogens with zero attached hydrogens (tertiary/aromatic N) is 3. The lowest BCUT2D eigenvalue weighted by Crippen LogP contribution is -2.15. The molecule has 1 heterocycles. The summed E-state index contributed by atoms with van der Waals surface area (Å²) in [5.74, 6) is 2.84. The first-order chi connectivity index (χ1) is 9.45. The molecule has 2 aliphatic carbocycles. The molecule has 2 aliphatic rings. The van der Waals surface area contributed by atoms with E-state index in [-0.39, 0.29) is 0 Å². The lowest BCUT2D eigenvalue weighted by molar-refractivity contribution is 0.266. The van der Waals surface area contributed by atoms with Gasteiger partial charge in [-0.1, -0.05) is 32.4 Å². The first-order valence-corrected chi connectivity index (χ1v) is 8.38. The van der Waals surface area contributed by atoms with E-state index in [0.29, 0.717) is 11.5 Å². The van der Waals surface area contributed by atoms with E-state index in [1.807, 2.05) is 0 Å². The van der Waals surface area contributed by atoms with Crippen LogP contribution in [-0.2, 0) is 12.8 Å². The maximum absolute atomic E-state index is 4.45. The Labute approximate surface area is 123 Å². The number of hydrogen-bond donors (Lipinski definition) is 0. The summed E-state index contributed by atoms with van der Waals surface area (Å²) < 4.78 is 2.15. The van der Waals surface area contributed by atoms with Gasteiger partial charge in [-0.3, -0.25) is 0 Å². The summed E-state index contributed by atoms with van der Waals surface area (Å²) in [6, 6.07) is 0.434. The normalized spacial score (nSPS) is 29.6. The number of hydrogen-bond acceptors (Lipinski definition) is 2. The number of fused-ring (bicyclic) bond motifs is 2. The molecule has 1 fully saturated rings. The van der Waals surface area contributed by atoms with Crippen molar-refractivity contribution in [2.75, 3.05) is 0 Å². The maximum Gasteiger partial charge on any atom is 0.0859 e. The first-order valence-electron chi connectivity index (χ1n) is 8.38. The molecule has 0 amide bonds. The quantitative estimate of drug-likeness (QED) is 0.833. The van der Waals surface area contributed by atoms with Crippen LogP contribution in [0.1, 0.15) is 71.3 Å². The van der Waals surface area contributed by atoms with E-state index in [1.54, 1.807) is 0 Å². The predicted octanol–water partition coefficient (Wildman–Crippen LogP) is 4.04. The van der Waals surface area contributed by atoms with Crippen LogP contribution in [0.3, 0.4) is 0 Å². The van der Waals surface area contributed by atoms with Gasteiger partial charge in [-0.05, 0) is 62.7 Å². The Morgan fingerprint density at radius 1 is 1.20 bits per heavy atom. The highest BCUT2D eigenvalue weighted by Crippen LogP contribution is 2.61. The van der Waals surface area contributed by atoms with E-state index in [1.165, 1.54) is 37.1 Å². The Balaban J connectivity index is 1.78. The molecule has 3 atom stereocenters. The SMILES string of the molecule is CCC(C)(C)C1[C@H]2CCc3nnn(C(C)C)c3CC[C@@H]12. The van der Waals surface area contributed by atoms with Gasteiger partial charge in [-0.15, -0.1) is 5.10 Å². The Kier molecular flexibility index (Phi) is 3.42. The van der Waals surface area contributed by atoms with Crippen molar-refractivity contribution in [2.45, 2.75) is 72.8 Å². The number of aromatic nitrogens is 3. The van der Waals surface area contributed by atoms with E-state index in [2.05, 4.69) is 49.6 Å². The van der Waals surface area contributed by atoms with Crippen molar-refractivity contribution in [1.29, 1.82) is 0 Å². The van der Waals surface area contributed by atoms with Crippen LogP contribution in [0.4, 0.5) is 0 Å². The summed E-state index contributed by atoms with van der Waals surface area (Å²) in [5.41, 5.74) is 3.21. The molecule has 0 aromatic carbocycles. The predicted molar refractivity (Wildman–Crippen MR) is 81.6 cm³/mol. The summed E-state index contributed by atoms with van der Waals surface area (Å²) in [6.07, 6.45) is 6.28. The third-order valence-corrected chi connectivity index (χ3v) is 5.93. The number of aryl methyl sites for hydroxylation is 1. The van der Waals surface area contributed by atoms with Gasteiger partial charge in [0.2, 0.25) is 0 Å². The van der Waals surface area contributed by atoms with E-state index >= 15 is 0 Å². The van der Waals surface area contributed by atoms with Crippen molar-refractivity contribution in [3.05, 3.63) is 11.4 Å². The van der Waals surface area contributed by atoms with Gasteiger partial charge in [0.25, 0.3) is 0 Å². The highest BCUT2D eigenvalue weighted by Gasteiger charge is 2.55. The molecule has 0 radical (unpaired) electrons. The van der Waals surface area contributed by atoms with Crippen molar-refractivity contribution >= 4 is 0 Å². The van der Waals surface area contributed by atoms with Crippen molar-refractivity contribution in [1.82, 2.24) is 15.0 Å². The van der Waals surface area contributed by atoms with Crippen LogP contribution in [-0.4, -0.2) is 15.0 Å². The van der Waals surface area contributed by atoms with Crippen molar-refractivity contribution < 1.29 is 0 Å². The molecule has 0 bridgehead atoms. The highest BCUT2D eigenvalue weighted by atomic mass is 15.4. The number of rotatable bonds is 3. The fourth-order valence-electron chi connectivity index (χ4n) is 4.45. The second kappa shape index (κ2) is 4.85. The zero-order chi connectivity index (χ0) is 14.5. The molecule has 3 heteroatoms. The molecule has 1 aromatic rings. The van der Waals surface area contributed by atoms with Gasteiger partial charge in [0.1, 0.15) is 0 Å². The maximum atomic E-state index is 4.45. The highest BCUT2D eigenvalue weighted by molar-refractivity contribution is 5.16. The van der Waals surface area contributed by atoms with Crippen LogP contribution in [0.2, 0.25) is 0 Å². The fraction of sp³-hybridized carbons (Fsp3) is 0.882. The van der Waals surface area contributed by atoms with E-state index in [4.69, 9.17) is 0 Å². The molecular weight excluding hydrogens is 246 g/mol. The molecule has 0 spiro atoms. The van der Waals surface area contributed by atoms with Crippen LogP contribution in [0.25, 0.3) is 0 Å². The van der Waals surface area contributed by atoms with E-state index in [0.717, 1.165) is 24.2 Å². The molecule has 1 saturated carbocycles. The third-order valence-electron chi connectivity index (χ3n) is 5.93. The van der Waals surface area contributed by atoms with Gasteiger partial charge >= 0.3 is 0 Å². The molecule has 20 heavy (non-hydrogen) atoms. The van der Waals surface area contributed by atoms with Crippen LogP contribution in [0.15, 0.2) is 0 Å². The smallest absolute Gasteiger partial charge is 0.0859 e. The molecule has 3 nitrogen and oxygen atoms in total. The molecule has 3 rings (SSSR count). The van der Waals surface area contributed by atoms with Gasteiger partial charge in [0, 0.05) is 6.04 Å². The molecule has 0 N–H and O–H groups in total. The lowest BCUT2D eigenvalue weighted by atomic mass is 9.82. The molecule has 1 aromatic heterocycles. The summed E-state index contributed by atoms with van der Waals surface area (Å²) >= 11 is 0. The van der Waals surface area contributed by atoms with Crippen LogP contribution >= 0.6 is 0 Å². The molecule has 1 unspecified atom stereocenters. The Bertz CT molecular complexity index is 486. The van der Waals surface area contributed by atoms with Gasteiger partial charge in [0.15, 0.2) is 0 Å². The Morgan fingerprint density at radius 2 is 1.85 bits per heavy atom. The minimum atomic E-state index is 0.434. The van der Waals surface area contributed by atoms with Crippen LogP contribution in [0.5, 0.6) is 0 Å². The summed E-state index contributed by atoms with van der Waals surface area (Å²) in [6.45, 7) is 11.7. The Hall–Kier alpha value is -0.860. The molecule has 0 saturated heterocycles. The average Bonchev–Trinajstić information content (AvgIpc) is 2.92. The largest absolute Gasteiger partial charge is 0.247 e. The topological polar surface area (TPSA) is 30.7 Å². The van der Waals surface area contributed by atoms with Gasteiger partial charge in [0.05, 0.1) is 11.4 Å². The molecule has 0 aliphatic heterocycles. The van der Waals surface area contributed by atoms with Crippen LogP contribution < -0.4 is 0 Å². The Morgan fingerprint density at radius 3 is 2.45 bits per heavy atom. The van der Waals surface area contributed by atoms with Gasteiger partial charge in [-0.25, -0.2) is 4.68 Å². The van der Waals surface area contributed by atoms with Crippen molar-refractivity contribution in [3.8, 4) is 0 Å². The zero-order valence-corrected chi connectivity index (χ0v) is 13.7. The van der Waals surface area contributed by atoms with E-state index < -0.39 is 0 Å². The minimum absolute atomic E-state index is 0.434. The van der Waals surface area contributed by atoms with Crippen LogP contribution in [0, 0.1) is 23.2 Å².